The SMILES string of the molecule is CCSC(=S)OC1(C#N)[C@@H]2O[Si](C(C)C)(C(C)C)O[Si](C(C)C)(C(C)C)OC[C@H]2O[C@H]1n1ccc(NC(C)=O)nc1=O. The summed E-state index contributed by atoms with van der Waals surface area (Å²) in [6.45, 7) is 20.1. The van der Waals surface area contributed by atoms with Crippen LogP contribution in [0.5, 0.6) is 0 Å². The summed E-state index contributed by atoms with van der Waals surface area (Å²) >= 11 is 6.80. The summed E-state index contributed by atoms with van der Waals surface area (Å²) in [6.07, 6.45) is -1.62. The second kappa shape index (κ2) is 13.6. The van der Waals surface area contributed by atoms with Crippen LogP contribution in [0.2, 0.25) is 22.2 Å². The maximum atomic E-state index is 13.3. The standard InChI is InChI=1S/C27H44N4O7S2Si2/c1-11-40-26(39)36-27(15-28)23-21(35-24(27)31-13-12-22(29-20(10)32)30-25(31)33)14-34-41(16(2)3,17(4)5)38-42(37-23,18(6)7)19(8)9/h12-13,16-19,21,23-24H,11,14H2,1-10H3,(H,29,30,32,33)/t21-,23-,24-,27?/m1/s1. The Kier molecular flexibility index (Phi) is 11.2. The Morgan fingerprint density at radius 1 is 1.21 bits per heavy atom. The van der Waals surface area contributed by atoms with Gasteiger partial charge in [-0.15, -0.1) is 0 Å². The van der Waals surface area contributed by atoms with Gasteiger partial charge in [0.05, 0.1) is 6.61 Å². The molecule has 1 aromatic heterocycles. The minimum absolute atomic E-state index is 0.0158. The number of nitrogens with zero attached hydrogens (tertiary/aromatic N) is 3. The first kappa shape index (κ1) is 34.8. The van der Waals surface area contributed by atoms with Gasteiger partial charge in [0.2, 0.25) is 10.3 Å². The normalized spacial score (nSPS) is 26.9. The monoisotopic (exact) mass is 656 g/mol. The van der Waals surface area contributed by atoms with Gasteiger partial charge < -0.3 is 27.8 Å². The molecule has 15 heteroatoms. The topological polar surface area (TPSA) is 134 Å². The summed E-state index contributed by atoms with van der Waals surface area (Å²) in [7, 11) is -6.08. The minimum Gasteiger partial charge on any atom is -0.449 e. The highest BCUT2D eigenvalue weighted by molar-refractivity contribution is 8.22. The maximum absolute atomic E-state index is 13.3. The highest BCUT2D eigenvalue weighted by Crippen LogP contribution is 2.51. The molecule has 42 heavy (non-hydrogen) atoms. The van der Waals surface area contributed by atoms with Gasteiger partial charge in [-0.25, -0.2) is 4.79 Å². The third-order valence-electron chi connectivity index (χ3n) is 7.83. The number of amides is 1. The fourth-order valence-electron chi connectivity index (χ4n) is 5.82. The molecule has 1 N–H and O–H groups in total. The molecular formula is C27H44N4O7S2Si2. The number of nitriles is 1. The van der Waals surface area contributed by atoms with E-state index in [0.29, 0.717) is 5.75 Å². The zero-order valence-electron chi connectivity index (χ0n) is 26.1. The summed E-state index contributed by atoms with van der Waals surface area (Å²) in [4.78, 5) is 28.9. The molecule has 3 heterocycles. The number of anilines is 1. The molecule has 2 aliphatic rings. The number of nitrogens with one attached hydrogen (secondary N) is 1. The van der Waals surface area contributed by atoms with Gasteiger partial charge in [0.25, 0.3) is 5.60 Å². The second-order valence-corrected chi connectivity index (χ2v) is 22.6. The maximum Gasteiger partial charge on any atom is 0.351 e. The molecule has 0 spiro atoms. The Morgan fingerprint density at radius 3 is 2.29 bits per heavy atom. The Labute approximate surface area is 260 Å². The number of hydrogen-bond donors (Lipinski definition) is 1. The quantitative estimate of drug-likeness (QED) is 0.286. The fraction of sp³-hybridized carbons (Fsp3) is 0.741. The van der Waals surface area contributed by atoms with Gasteiger partial charge >= 0.3 is 22.8 Å². The number of thioether (sulfide) groups is 1. The van der Waals surface area contributed by atoms with E-state index in [9.17, 15) is 14.9 Å². The first-order chi connectivity index (χ1) is 19.6. The molecular weight excluding hydrogens is 613 g/mol. The van der Waals surface area contributed by atoms with E-state index in [1.165, 1.54) is 35.5 Å². The molecule has 1 unspecified atom stereocenters. The van der Waals surface area contributed by atoms with Crippen LogP contribution in [0.4, 0.5) is 5.82 Å². The van der Waals surface area contributed by atoms with E-state index in [2.05, 4.69) is 71.8 Å². The third-order valence-corrected chi connectivity index (χ3v) is 19.1. The van der Waals surface area contributed by atoms with Crippen molar-refractivity contribution in [1.29, 1.82) is 5.26 Å². The molecule has 11 nitrogen and oxygen atoms in total. The summed E-state index contributed by atoms with van der Waals surface area (Å²) in [5.74, 6) is 0.328. The molecule has 234 valence electrons. The van der Waals surface area contributed by atoms with Gasteiger partial charge in [0.1, 0.15) is 24.1 Å². The zero-order valence-corrected chi connectivity index (χ0v) is 29.8. The van der Waals surface area contributed by atoms with Gasteiger partial charge in [0, 0.05) is 13.1 Å². The average Bonchev–Trinajstić information content (AvgIpc) is 3.15. The van der Waals surface area contributed by atoms with Crippen molar-refractivity contribution < 1.29 is 27.2 Å². The molecule has 2 aliphatic heterocycles. The number of rotatable bonds is 8. The van der Waals surface area contributed by atoms with Gasteiger partial charge in [-0.2, -0.15) is 10.2 Å². The molecule has 2 fully saturated rings. The van der Waals surface area contributed by atoms with Crippen molar-refractivity contribution in [1.82, 2.24) is 9.55 Å². The lowest BCUT2D eigenvalue weighted by Gasteiger charge is -2.52. The van der Waals surface area contributed by atoms with Crippen LogP contribution in [0.25, 0.3) is 0 Å². The van der Waals surface area contributed by atoms with Crippen LogP contribution in [0, 0.1) is 11.3 Å². The summed E-state index contributed by atoms with van der Waals surface area (Å²) in [5.41, 5.74) is -2.41. The van der Waals surface area contributed by atoms with E-state index in [4.69, 9.17) is 34.7 Å². The molecule has 0 radical (unpaired) electrons. The molecule has 0 bridgehead atoms. The second-order valence-electron chi connectivity index (χ2n) is 11.9. The Balaban J connectivity index is 2.27. The van der Waals surface area contributed by atoms with Crippen molar-refractivity contribution in [3.63, 3.8) is 0 Å². The molecule has 2 saturated heterocycles. The van der Waals surface area contributed by atoms with Crippen molar-refractivity contribution in [2.75, 3.05) is 17.7 Å². The lowest BCUT2D eigenvalue weighted by Crippen LogP contribution is -2.67. The van der Waals surface area contributed by atoms with Gasteiger partial charge in [0.15, 0.2) is 6.23 Å². The summed E-state index contributed by atoms with van der Waals surface area (Å²) in [6, 6.07) is 3.77. The average molecular weight is 657 g/mol. The van der Waals surface area contributed by atoms with E-state index in [-0.39, 0.29) is 44.9 Å². The van der Waals surface area contributed by atoms with Crippen LogP contribution in [-0.4, -0.2) is 67.1 Å². The highest BCUT2D eigenvalue weighted by atomic mass is 32.2. The summed E-state index contributed by atoms with van der Waals surface area (Å²) in [5, 5.41) is 13.4. The van der Waals surface area contributed by atoms with Crippen LogP contribution >= 0.6 is 24.0 Å². The Morgan fingerprint density at radius 2 is 1.81 bits per heavy atom. The number of thiocarbonyl (C=S) groups is 1. The first-order valence-corrected chi connectivity index (χ1v) is 19.7. The number of ether oxygens (including phenoxy) is 2. The fourth-order valence-corrected chi connectivity index (χ4v) is 18.0. The predicted molar refractivity (Wildman–Crippen MR) is 171 cm³/mol. The van der Waals surface area contributed by atoms with Crippen molar-refractivity contribution >= 4 is 57.2 Å². The first-order valence-electron chi connectivity index (χ1n) is 14.4. The van der Waals surface area contributed by atoms with E-state index >= 15 is 0 Å². The van der Waals surface area contributed by atoms with Crippen LogP contribution in [0.1, 0.15) is 75.5 Å². The zero-order chi connectivity index (χ0) is 31.6. The van der Waals surface area contributed by atoms with E-state index in [1.807, 2.05) is 6.92 Å². The Bertz CT molecular complexity index is 1240. The van der Waals surface area contributed by atoms with Crippen LogP contribution in [0.15, 0.2) is 17.1 Å². The molecule has 0 aromatic carbocycles. The molecule has 0 aliphatic carbocycles. The smallest absolute Gasteiger partial charge is 0.351 e. The van der Waals surface area contributed by atoms with E-state index in [0.717, 1.165) is 0 Å². The molecule has 4 atom stereocenters. The lowest BCUT2D eigenvalue weighted by atomic mass is 9.95. The van der Waals surface area contributed by atoms with Crippen LogP contribution < -0.4 is 11.0 Å². The van der Waals surface area contributed by atoms with Gasteiger partial charge in [-0.05, 0) is 46.2 Å². The van der Waals surface area contributed by atoms with Crippen molar-refractivity contribution in [3.05, 3.63) is 22.7 Å². The summed E-state index contributed by atoms with van der Waals surface area (Å²) < 4.78 is 35.5. The number of hydrogen-bond acceptors (Lipinski definition) is 11. The van der Waals surface area contributed by atoms with E-state index in [1.54, 1.807) is 0 Å². The molecule has 1 aromatic rings. The highest BCUT2D eigenvalue weighted by Gasteiger charge is 2.68. The van der Waals surface area contributed by atoms with Crippen molar-refractivity contribution in [2.45, 2.75) is 115 Å². The van der Waals surface area contributed by atoms with E-state index < -0.39 is 46.8 Å². The number of carbonyl (C=O) groups excluding carboxylic acids is 1. The van der Waals surface area contributed by atoms with Gasteiger partial charge in [-0.1, -0.05) is 74.1 Å². The van der Waals surface area contributed by atoms with Crippen LogP contribution in [-0.2, 0) is 27.2 Å². The van der Waals surface area contributed by atoms with Crippen LogP contribution in [0.3, 0.4) is 0 Å². The third kappa shape index (κ3) is 6.41. The molecule has 0 saturated carbocycles. The molecule has 3 rings (SSSR count). The largest absolute Gasteiger partial charge is 0.449 e. The number of fused-ring (bicyclic) bond motifs is 1. The number of carbonyl (C=O) groups is 1. The Hall–Kier alpha value is -1.65. The van der Waals surface area contributed by atoms with Gasteiger partial charge in [-0.3, -0.25) is 9.36 Å². The number of aromatic nitrogens is 2. The molecule has 1 amide bonds. The van der Waals surface area contributed by atoms with Crippen molar-refractivity contribution in [3.8, 4) is 6.07 Å². The lowest BCUT2D eigenvalue weighted by molar-refractivity contribution is -0.114. The predicted octanol–water partition coefficient (Wildman–Crippen LogP) is 5.37. The minimum atomic E-state index is -3.19. The van der Waals surface area contributed by atoms with Crippen molar-refractivity contribution in [2.24, 2.45) is 0 Å².